The maximum absolute atomic E-state index is 12.8. The highest BCUT2D eigenvalue weighted by Gasteiger charge is 2.38. The Balaban J connectivity index is 1.38. The van der Waals surface area contributed by atoms with E-state index in [1.54, 1.807) is 4.90 Å². The van der Waals surface area contributed by atoms with Gasteiger partial charge in [0.1, 0.15) is 19.1 Å². The fraction of sp³-hybridized carbons (Fsp3) is 0.600. The lowest BCUT2D eigenvalue weighted by Gasteiger charge is -2.34. The van der Waals surface area contributed by atoms with Crippen LogP contribution in [0.4, 0.5) is 5.69 Å². The van der Waals surface area contributed by atoms with Crippen molar-refractivity contribution in [2.24, 2.45) is 11.3 Å². The van der Waals surface area contributed by atoms with E-state index in [0.29, 0.717) is 44.2 Å². The third kappa shape index (κ3) is 3.74. The molecule has 0 radical (unpaired) electrons. The summed E-state index contributed by atoms with van der Waals surface area (Å²) in [5, 5.41) is 6.37. The molecule has 1 aromatic rings. The standard InChI is InChI=1S/C20H27N3O4/c1-20(5-7-21-8-6-20)13-22-18(24)15-4-9-23(19(15)25)14-2-3-16-17(12-14)27-11-10-26-16/h2-3,12,15,21H,4-11,13H2,1H3,(H,22,24). The van der Waals surface area contributed by atoms with Gasteiger partial charge in [0.2, 0.25) is 11.8 Å². The van der Waals surface area contributed by atoms with E-state index in [0.717, 1.165) is 31.6 Å². The first-order valence-corrected chi connectivity index (χ1v) is 9.75. The number of fused-ring (bicyclic) bond motifs is 1. The summed E-state index contributed by atoms with van der Waals surface area (Å²) >= 11 is 0. The van der Waals surface area contributed by atoms with Crippen LogP contribution in [0.5, 0.6) is 11.5 Å². The second-order valence-electron chi connectivity index (χ2n) is 7.94. The van der Waals surface area contributed by atoms with Crippen LogP contribution in [0.25, 0.3) is 0 Å². The van der Waals surface area contributed by atoms with Gasteiger partial charge in [0.15, 0.2) is 11.5 Å². The van der Waals surface area contributed by atoms with E-state index in [9.17, 15) is 9.59 Å². The Morgan fingerprint density at radius 3 is 2.78 bits per heavy atom. The molecule has 0 spiro atoms. The molecule has 1 unspecified atom stereocenters. The van der Waals surface area contributed by atoms with Gasteiger partial charge in [0.05, 0.1) is 0 Å². The zero-order valence-corrected chi connectivity index (χ0v) is 15.8. The second-order valence-corrected chi connectivity index (χ2v) is 7.94. The molecule has 0 bridgehead atoms. The maximum atomic E-state index is 12.8. The van der Waals surface area contributed by atoms with E-state index >= 15 is 0 Å². The minimum Gasteiger partial charge on any atom is -0.486 e. The summed E-state index contributed by atoms with van der Waals surface area (Å²) in [6.07, 6.45) is 2.61. The molecule has 4 rings (SSSR count). The molecule has 1 aromatic carbocycles. The van der Waals surface area contributed by atoms with Crippen LogP contribution >= 0.6 is 0 Å². The first kappa shape index (κ1) is 18.1. The van der Waals surface area contributed by atoms with Gasteiger partial charge in [-0.1, -0.05) is 6.92 Å². The third-order valence-electron chi connectivity index (χ3n) is 5.86. The van der Waals surface area contributed by atoms with Crippen LogP contribution in [0.15, 0.2) is 18.2 Å². The van der Waals surface area contributed by atoms with Crippen molar-refractivity contribution in [3.8, 4) is 11.5 Å². The normalized spacial score (nSPS) is 24.0. The quantitative estimate of drug-likeness (QED) is 0.778. The number of nitrogens with zero attached hydrogens (tertiary/aromatic N) is 1. The number of hydrogen-bond donors (Lipinski definition) is 2. The Morgan fingerprint density at radius 2 is 2.00 bits per heavy atom. The first-order valence-electron chi connectivity index (χ1n) is 9.75. The predicted molar refractivity (Wildman–Crippen MR) is 101 cm³/mol. The number of benzene rings is 1. The monoisotopic (exact) mass is 373 g/mol. The number of rotatable bonds is 4. The number of nitrogens with one attached hydrogen (secondary N) is 2. The predicted octanol–water partition coefficient (Wildman–Crippen LogP) is 1.32. The number of ether oxygens (including phenoxy) is 2. The molecule has 3 aliphatic heterocycles. The van der Waals surface area contributed by atoms with Gasteiger partial charge in [-0.3, -0.25) is 9.59 Å². The van der Waals surface area contributed by atoms with Gasteiger partial charge in [0.25, 0.3) is 0 Å². The molecule has 0 aromatic heterocycles. The van der Waals surface area contributed by atoms with Crippen molar-refractivity contribution in [2.45, 2.75) is 26.2 Å². The lowest BCUT2D eigenvalue weighted by Crippen LogP contribution is -2.45. The van der Waals surface area contributed by atoms with Crippen LogP contribution in [0.3, 0.4) is 0 Å². The van der Waals surface area contributed by atoms with Crippen molar-refractivity contribution in [3.05, 3.63) is 18.2 Å². The van der Waals surface area contributed by atoms with Crippen LogP contribution in [0, 0.1) is 11.3 Å². The second kappa shape index (κ2) is 7.38. The van der Waals surface area contributed by atoms with Crippen molar-refractivity contribution < 1.29 is 19.1 Å². The maximum Gasteiger partial charge on any atom is 0.239 e. The fourth-order valence-electron chi connectivity index (χ4n) is 4.01. The Labute approximate surface area is 159 Å². The minimum atomic E-state index is -0.608. The highest BCUT2D eigenvalue weighted by Crippen LogP contribution is 2.36. The molecule has 27 heavy (non-hydrogen) atoms. The third-order valence-corrected chi connectivity index (χ3v) is 5.86. The fourth-order valence-corrected chi connectivity index (χ4v) is 4.01. The smallest absolute Gasteiger partial charge is 0.239 e. The minimum absolute atomic E-state index is 0.109. The molecule has 3 aliphatic rings. The number of amides is 2. The van der Waals surface area contributed by atoms with Gasteiger partial charge < -0.3 is 25.0 Å². The number of carbonyl (C=O) groups excluding carboxylic acids is 2. The SMILES string of the molecule is CC1(CNC(=O)C2CCN(c3ccc4c(c3)OCCO4)C2=O)CCNCC1. The van der Waals surface area contributed by atoms with E-state index < -0.39 is 5.92 Å². The summed E-state index contributed by atoms with van der Waals surface area (Å²) < 4.78 is 11.1. The molecular weight excluding hydrogens is 346 g/mol. The molecule has 7 heteroatoms. The molecule has 2 amide bonds. The lowest BCUT2D eigenvalue weighted by atomic mass is 9.81. The number of hydrogen-bond acceptors (Lipinski definition) is 5. The molecule has 2 fully saturated rings. The van der Waals surface area contributed by atoms with Crippen molar-refractivity contribution in [1.29, 1.82) is 0 Å². The highest BCUT2D eigenvalue weighted by molar-refractivity contribution is 6.09. The van der Waals surface area contributed by atoms with Gasteiger partial charge in [-0.25, -0.2) is 0 Å². The number of piperidine rings is 1. The molecule has 3 heterocycles. The van der Waals surface area contributed by atoms with Crippen LogP contribution in [0.1, 0.15) is 26.2 Å². The summed E-state index contributed by atoms with van der Waals surface area (Å²) in [4.78, 5) is 27.1. The largest absolute Gasteiger partial charge is 0.486 e. The lowest BCUT2D eigenvalue weighted by molar-refractivity contribution is -0.132. The molecule has 7 nitrogen and oxygen atoms in total. The summed E-state index contributed by atoms with van der Waals surface area (Å²) in [5.74, 6) is 0.447. The Hall–Kier alpha value is -2.28. The zero-order chi connectivity index (χ0) is 18.9. The van der Waals surface area contributed by atoms with E-state index in [4.69, 9.17) is 9.47 Å². The highest BCUT2D eigenvalue weighted by atomic mass is 16.6. The zero-order valence-electron chi connectivity index (χ0n) is 15.8. The molecule has 2 saturated heterocycles. The molecular formula is C20H27N3O4. The number of carbonyl (C=O) groups is 2. The van der Waals surface area contributed by atoms with Crippen LogP contribution in [0.2, 0.25) is 0 Å². The van der Waals surface area contributed by atoms with E-state index in [2.05, 4.69) is 17.6 Å². The van der Waals surface area contributed by atoms with Crippen LogP contribution < -0.4 is 25.0 Å². The molecule has 146 valence electrons. The Bertz CT molecular complexity index is 730. The van der Waals surface area contributed by atoms with Crippen molar-refractivity contribution in [1.82, 2.24) is 10.6 Å². The summed E-state index contributed by atoms with van der Waals surface area (Å²) in [5.41, 5.74) is 0.864. The van der Waals surface area contributed by atoms with Crippen molar-refractivity contribution >= 4 is 17.5 Å². The van der Waals surface area contributed by atoms with Gasteiger partial charge in [-0.2, -0.15) is 0 Å². The first-order chi connectivity index (χ1) is 13.1. The average molecular weight is 373 g/mol. The van der Waals surface area contributed by atoms with Gasteiger partial charge in [-0.05, 0) is 49.9 Å². The summed E-state index contributed by atoms with van der Waals surface area (Å²) in [7, 11) is 0. The van der Waals surface area contributed by atoms with Crippen molar-refractivity contribution in [2.75, 3.05) is 44.3 Å². The molecule has 0 aliphatic carbocycles. The average Bonchev–Trinajstić information content (AvgIpc) is 3.08. The van der Waals surface area contributed by atoms with Crippen LogP contribution in [-0.2, 0) is 9.59 Å². The number of anilines is 1. The summed E-state index contributed by atoms with van der Waals surface area (Å²) in [6.45, 7) is 6.36. The van der Waals surface area contributed by atoms with Gasteiger partial charge in [-0.15, -0.1) is 0 Å². The van der Waals surface area contributed by atoms with E-state index in [1.165, 1.54) is 0 Å². The Morgan fingerprint density at radius 1 is 1.26 bits per heavy atom. The van der Waals surface area contributed by atoms with Gasteiger partial charge in [0, 0.05) is 24.8 Å². The topological polar surface area (TPSA) is 79.9 Å². The summed E-state index contributed by atoms with van der Waals surface area (Å²) in [6, 6.07) is 5.49. The van der Waals surface area contributed by atoms with E-state index in [-0.39, 0.29) is 17.2 Å². The van der Waals surface area contributed by atoms with E-state index in [1.807, 2.05) is 18.2 Å². The Kier molecular flexibility index (Phi) is 4.95. The molecule has 0 saturated carbocycles. The van der Waals surface area contributed by atoms with Gasteiger partial charge >= 0.3 is 0 Å². The van der Waals surface area contributed by atoms with Crippen molar-refractivity contribution in [3.63, 3.8) is 0 Å². The van der Waals surface area contributed by atoms with Crippen LogP contribution in [-0.4, -0.2) is 51.2 Å². The molecule has 1 atom stereocenters. The molecule has 2 N–H and O–H groups in total.